The predicted molar refractivity (Wildman–Crippen MR) is 93.0 cm³/mol. The van der Waals surface area contributed by atoms with E-state index in [0.717, 1.165) is 28.8 Å². The van der Waals surface area contributed by atoms with Gasteiger partial charge in [-0.25, -0.2) is 0 Å². The number of amides is 1. The van der Waals surface area contributed by atoms with Crippen molar-refractivity contribution in [1.82, 2.24) is 4.57 Å². The number of methoxy groups -OCH3 is 1. The molecule has 6 heteroatoms. The van der Waals surface area contributed by atoms with E-state index >= 15 is 0 Å². The van der Waals surface area contributed by atoms with E-state index in [1.807, 2.05) is 29.7 Å². The van der Waals surface area contributed by atoms with Crippen LogP contribution in [0.15, 0.2) is 23.2 Å². The van der Waals surface area contributed by atoms with E-state index in [-0.39, 0.29) is 5.91 Å². The van der Waals surface area contributed by atoms with Gasteiger partial charge in [0.1, 0.15) is 11.3 Å². The van der Waals surface area contributed by atoms with Gasteiger partial charge in [-0.3, -0.25) is 4.79 Å². The molecule has 0 spiro atoms. The molecule has 126 valence electrons. The fraction of sp³-hybridized carbons (Fsp3) is 0.529. The highest BCUT2D eigenvalue weighted by molar-refractivity contribution is 7.16. The van der Waals surface area contributed by atoms with Gasteiger partial charge in [0.2, 0.25) is 5.91 Å². The number of carbonyl (C=O) groups is 1. The quantitative estimate of drug-likeness (QED) is 0.743. The molecule has 1 heterocycles. The molecule has 0 bridgehead atoms. The molecule has 0 saturated carbocycles. The van der Waals surface area contributed by atoms with Gasteiger partial charge in [-0.05, 0) is 25.5 Å². The Morgan fingerprint density at radius 1 is 1.35 bits per heavy atom. The standard InChI is InChI=1S/C17H24N2O3S/c1-4-6-10-15(20)18-17-19(11-12-21-3)16-13(22-5-2)8-7-9-14(16)23-17/h7-9H,4-6,10-12H2,1-3H3. The molecule has 0 saturated heterocycles. The van der Waals surface area contributed by atoms with Crippen LogP contribution in [-0.4, -0.2) is 30.8 Å². The topological polar surface area (TPSA) is 52.8 Å². The zero-order valence-corrected chi connectivity index (χ0v) is 14.8. The van der Waals surface area contributed by atoms with Crippen LogP contribution in [0.1, 0.15) is 33.1 Å². The Balaban J connectivity index is 2.52. The lowest BCUT2D eigenvalue weighted by Crippen LogP contribution is -2.19. The number of ether oxygens (including phenoxy) is 2. The van der Waals surface area contributed by atoms with E-state index in [0.29, 0.717) is 31.0 Å². The summed E-state index contributed by atoms with van der Waals surface area (Å²) in [5, 5.41) is 0. The van der Waals surface area contributed by atoms with Gasteiger partial charge in [-0.1, -0.05) is 30.7 Å². The van der Waals surface area contributed by atoms with Crippen molar-refractivity contribution in [2.45, 2.75) is 39.7 Å². The summed E-state index contributed by atoms with van der Waals surface area (Å²) in [4.78, 5) is 17.1. The van der Waals surface area contributed by atoms with Gasteiger partial charge in [0.05, 0.1) is 17.9 Å². The summed E-state index contributed by atoms with van der Waals surface area (Å²) in [6, 6.07) is 5.94. The van der Waals surface area contributed by atoms with Gasteiger partial charge in [-0.15, -0.1) is 0 Å². The number of hydrogen-bond acceptors (Lipinski definition) is 4. The lowest BCUT2D eigenvalue weighted by atomic mass is 10.2. The van der Waals surface area contributed by atoms with Crippen LogP contribution >= 0.6 is 11.3 Å². The first kappa shape index (κ1) is 17.7. The van der Waals surface area contributed by atoms with Gasteiger partial charge in [0.15, 0.2) is 4.80 Å². The van der Waals surface area contributed by atoms with Crippen LogP contribution in [0.4, 0.5) is 0 Å². The molecule has 0 aliphatic heterocycles. The molecule has 5 nitrogen and oxygen atoms in total. The van der Waals surface area contributed by atoms with Crippen LogP contribution in [0, 0.1) is 0 Å². The van der Waals surface area contributed by atoms with Crippen molar-refractivity contribution in [3.8, 4) is 5.75 Å². The average Bonchev–Trinajstić information content (AvgIpc) is 2.89. The normalized spacial score (nSPS) is 12.0. The van der Waals surface area contributed by atoms with Gasteiger partial charge < -0.3 is 14.0 Å². The van der Waals surface area contributed by atoms with E-state index < -0.39 is 0 Å². The zero-order valence-electron chi connectivity index (χ0n) is 14.0. The van der Waals surface area contributed by atoms with Crippen molar-refractivity contribution < 1.29 is 14.3 Å². The minimum Gasteiger partial charge on any atom is -0.492 e. The smallest absolute Gasteiger partial charge is 0.248 e. The Hall–Kier alpha value is -1.66. The third-order valence-electron chi connectivity index (χ3n) is 3.45. The molecular weight excluding hydrogens is 312 g/mol. The number of aromatic nitrogens is 1. The Bertz CT molecular complexity index is 718. The van der Waals surface area contributed by atoms with Crippen molar-refractivity contribution in [2.24, 2.45) is 4.99 Å². The second-order valence-corrected chi connectivity index (χ2v) is 6.18. The lowest BCUT2D eigenvalue weighted by Gasteiger charge is -2.09. The Labute approximate surface area is 140 Å². The summed E-state index contributed by atoms with van der Waals surface area (Å²) in [5.41, 5.74) is 0.985. The summed E-state index contributed by atoms with van der Waals surface area (Å²) < 4.78 is 14.0. The third-order valence-corrected chi connectivity index (χ3v) is 4.49. The van der Waals surface area contributed by atoms with Crippen LogP contribution in [0.25, 0.3) is 10.2 Å². The molecule has 1 aromatic carbocycles. The number of para-hydroxylation sites is 1. The molecule has 0 atom stereocenters. The summed E-state index contributed by atoms with van der Waals surface area (Å²) in [6.45, 7) is 5.83. The number of benzene rings is 1. The van der Waals surface area contributed by atoms with E-state index in [1.165, 1.54) is 11.3 Å². The monoisotopic (exact) mass is 336 g/mol. The molecule has 1 amide bonds. The highest BCUT2D eigenvalue weighted by atomic mass is 32.1. The predicted octanol–water partition coefficient (Wildman–Crippen LogP) is 3.37. The van der Waals surface area contributed by atoms with E-state index in [2.05, 4.69) is 11.9 Å². The molecule has 2 rings (SSSR count). The first-order valence-electron chi connectivity index (χ1n) is 8.02. The van der Waals surface area contributed by atoms with Crippen molar-refractivity contribution >= 4 is 27.5 Å². The summed E-state index contributed by atoms with van der Waals surface area (Å²) in [6.07, 6.45) is 2.36. The number of hydrogen-bond donors (Lipinski definition) is 0. The molecule has 0 radical (unpaired) electrons. The minimum absolute atomic E-state index is 0.0671. The molecule has 23 heavy (non-hydrogen) atoms. The Kier molecular flexibility index (Phi) is 6.80. The Morgan fingerprint density at radius 3 is 2.87 bits per heavy atom. The molecule has 0 aliphatic rings. The molecule has 0 fully saturated rings. The van der Waals surface area contributed by atoms with E-state index in [4.69, 9.17) is 9.47 Å². The molecule has 0 N–H and O–H groups in total. The number of fused-ring (bicyclic) bond motifs is 1. The zero-order chi connectivity index (χ0) is 16.7. The summed E-state index contributed by atoms with van der Waals surface area (Å²) >= 11 is 1.52. The van der Waals surface area contributed by atoms with E-state index in [1.54, 1.807) is 7.11 Å². The number of thiazole rings is 1. The van der Waals surface area contributed by atoms with Crippen molar-refractivity contribution in [3.63, 3.8) is 0 Å². The number of unbranched alkanes of at least 4 members (excludes halogenated alkanes) is 1. The maximum Gasteiger partial charge on any atom is 0.248 e. The fourth-order valence-corrected chi connectivity index (χ4v) is 3.43. The average molecular weight is 336 g/mol. The summed E-state index contributed by atoms with van der Waals surface area (Å²) in [7, 11) is 1.67. The highest BCUT2D eigenvalue weighted by Gasteiger charge is 2.12. The van der Waals surface area contributed by atoms with Crippen LogP contribution in [0.5, 0.6) is 5.75 Å². The van der Waals surface area contributed by atoms with Crippen LogP contribution in [0.3, 0.4) is 0 Å². The SMILES string of the molecule is CCCCC(=O)N=c1sc2cccc(OCC)c2n1CCOC. The van der Waals surface area contributed by atoms with Crippen molar-refractivity contribution in [3.05, 3.63) is 23.0 Å². The lowest BCUT2D eigenvalue weighted by molar-refractivity contribution is -0.118. The van der Waals surface area contributed by atoms with Gasteiger partial charge in [0.25, 0.3) is 0 Å². The van der Waals surface area contributed by atoms with Crippen molar-refractivity contribution in [2.75, 3.05) is 20.3 Å². The van der Waals surface area contributed by atoms with Crippen LogP contribution in [-0.2, 0) is 16.1 Å². The molecule has 0 unspecified atom stereocenters. The maximum atomic E-state index is 12.0. The second kappa shape index (κ2) is 8.84. The molecule has 0 aliphatic carbocycles. The third kappa shape index (κ3) is 4.42. The van der Waals surface area contributed by atoms with Gasteiger partial charge in [-0.2, -0.15) is 4.99 Å². The summed E-state index contributed by atoms with van der Waals surface area (Å²) in [5.74, 6) is 0.752. The van der Waals surface area contributed by atoms with Gasteiger partial charge >= 0.3 is 0 Å². The van der Waals surface area contributed by atoms with Gasteiger partial charge in [0, 0.05) is 20.1 Å². The second-order valence-electron chi connectivity index (χ2n) is 5.17. The fourth-order valence-electron chi connectivity index (χ4n) is 2.34. The highest BCUT2D eigenvalue weighted by Crippen LogP contribution is 2.27. The first-order chi connectivity index (χ1) is 11.2. The number of rotatable bonds is 8. The number of carbonyl (C=O) groups excluding carboxylic acids is 1. The minimum atomic E-state index is -0.0671. The van der Waals surface area contributed by atoms with Crippen molar-refractivity contribution in [1.29, 1.82) is 0 Å². The van der Waals surface area contributed by atoms with E-state index in [9.17, 15) is 4.79 Å². The van der Waals surface area contributed by atoms with Crippen LogP contribution < -0.4 is 9.54 Å². The van der Waals surface area contributed by atoms with Crippen LogP contribution in [0.2, 0.25) is 0 Å². The largest absolute Gasteiger partial charge is 0.492 e. The number of nitrogens with zero attached hydrogens (tertiary/aromatic N) is 2. The maximum absolute atomic E-state index is 12.0. The molecular formula is C17H24N2O3S. The molecule has 2 aromatic rings. The first-order valence-corrected chi connectivity index (χ1v) is 8.84. The Morgan fingerprint density at radius 2 is 2.17 bits per heavy atom. The molecule has 1 aromatic heterocycles.